The number of methoxy groups -OCH3 is 1. The summed E-state index contributed by atoms with van der Waals surface area (Å²) in [5.41, 5.74) is 4.46. The van der Waals surface area contributed by atoms with Crippen LogP contribution in [0.4, 0.5) is 5.69 Å². The number of esters is 1. The molecule has 0 heterocycles. The van der Waals surface area contributed by atoms with Crippen molar-refractivity contribution in [3.63, 3.8) is 0 Å². The Morgan fingerprint density at radius 2 is 1.80 bits per heavy atom. The maximum Gasteiger partial charge on any atom is 0.337 e. The topological polar surface area (TPSA) is 58.6 Å². The van der Waals surface area contributed by atoms with Gasteiger partial charge in [0.25, 0.3) is 0 Å². The molecule has 5 heteroatoms. The Balaban J connectivity index is 1.99. The van der Waals surface area contributed by atoms with Crippen LogP contribution in [-0.4, -0.2) is 37.5 Å². The molecule has 5 nitrogen and oxygen atoms in total. The molecule has 0 saturated heterocycles. The lowest BCUT2D eigenvalue weighted by Gasteiger charge is -2.19. The Morgan fingerprint density at radius 1 is 1.08 bits per heavy atom. The van der Waals surface area contributed by atoms with Gasteiger partial charge < -0.3 is 15.0 Å². The van der Waals surface area contributed by atoms with E-state index in [0.29, 0.717) is 12.1 Å². The van der Waals surface area contributed by atoms with Crippen LogP contribution in [0, 0.1) is 13.8 Å². The molecule has 0 aromatic heterocycles. The molecule has 0 bridgehead atoms. The number of rotatable bonds is 6. The molecule has 0 fully saturated rings. The number of aryl methyl sites for hydroxylation is 2. The maximum absolute atomic E-state index is 12.4. The normalized spacial score (nSPS) is 10.2. The average molecular weight is 340 g/mol. The first-order valence-electron chi connectivity index (χ1n) is 8.13. The van der Waals surface area contributed by atoms with Gasteiger partial charge >= 0.3 is 5.97 Å². The molecule has 0 saturated carbocycles. The molecule has 0 radical (unpaired) electrons. The zero-order valence-corrected chi connectivity index (χ0v) is 15.1. The number of anilines is 1. The van der Waals surface area contributed by atoms with Crippen molar-refractivity contribution in [2.75, 3.05) is 26.0 Å². The summed E-state index contributed by atoms with van der Waals surface area (Å²) in [7, 11) is 3.13. The third-order valence-corrected chi connectivity index (χ3v) is 4.18. The lowest BCUT2D eigenvalue weighted by atomic mass is 10.1. The van der Waals surface area contributed by atoms with Gasteiger partial charge in [-0.1, -0.05) is 30.3 Å². The van der Waals surface area contributed by atoms with Crippen LogP contribution in [-0.2, 0) is 16.1 Å². The van der Waals surface area contributed by atoms with E-state index in [1.807, 2.05) is 44.2 Å². The van der Waals surface area contributed by atoms with Crippen molar-refractivity contribution in [1.29, 1.82) is 0 Å². The van der Waals surface area contributed by atoms with Crippen molar-refractivity contribution in [3.05, 3.63) is 64.7 Å². The Kier molecular flexibility index (Phi) is 6.17. The number of carbonyl (C=O) groups excluding carboxylic acids is 2. The Bertz CT molecular complexity index is 771. The zero-order valence-electron chi connectivity index (χ0n) is 15.1. The molecule has 0 aliphatic rings. The summed E-state index contributed by atoms with van der Waals surface area (Å²) in [5.74, 6) is -0.419. The van der Waals surface area contributed by atoms with E-state index in [2.05, 4.69) is 5.32 Å². The first kappa shape index (κ1) is 18.5. The minimum absolute atomic E-state index is 0.0221. The second kappa shape index (κ2) is 8.33. The highest BCUT2D eigenvalue weighted by molar-refractivity contribution is 5.91. The number of likely N-dealkylation sites (N-methyl/N-ethyl adjacent to an activating group) is 1. The predicted molar refractivity (Wildman–Crippen MR) is 98.7 cm³/mol. The highest BCUT2D eigenvalue weighted by Gasteiger charge is 2.12. The first-order chi connectivity index (χ1) is 11.9. The number of benzene rings is 2. The quantitative estimate of drug-likeness (QED) is 0.821. The SMILES string of the molecule is COC(=O)c1ccc(C)c(NCC(=O)N(C)Cc2ccccc2C)c1. The van der Waals surface area contributed by atoms with Gasteiger partial charge in [0.05, 0.1) is 19.2 Å². The highest BCUT2D eigenvalue weighted by atomic mass is 16.5. The Morgan fingerprint density at radius 3 is 2.48 bits per heavy atom. The van der Waals surface area contributed by atoms with Gasteiger partial charge in [-0.2, -0.15) is 0 Å². The van der Waals surface area contributed by atoms with Gasteiger partial charge in [0, 0.05) is 19.3 Å². The minimum Gasteiger partial charge on any atom is -0.465 e. The van der Waals surface area contributed by atoms with Gasteiger partial charge in [0.1, 0.15) is 0 Å². The molecule has 2 rings (SSSR count). The fraction of sp³-hybridized carbons (Fsp3) is 0.300. The summed E-state index contributed by atoms with van der Waals surface area (Å²) in [4.78, 5) is 25.7. The van der Waals surface area contributed by atoms with Crippen LogP contribution in [0.5, 0.6) is 0 Å². The van der Waals surface area contributed by atoms with E-state index in [1.54, 1.807) is 24.1 Å². The number of ether oxygens (including phenoxy) is 1. The molecule has 0 atom stereocenters. The monoisotopic (exact) mass is 340 g/mol. The molecule has 1 amide bonds. The number of carbonyl (C=O) groups is 2. The van der Waals surface area contributed by atoms with Crippen LogP contribution >= 0.6 is 0 Å². The standard InChI is InChI=1S/C20H24N2O3/c1-14-7-5-6-8-17(14)13-22(3)19(23)12-21-18-11-16(20(24)25-4)10-9-15(18)2/h5-11,21H,12-13H2,1-4H3. The van der Waals surface area contributed by atoms with Gasteiger partial charge in [-0.15, -0.1) is 0 Å². The van der Waals surface area contributed by atoms with Gasteiger partial charge in [-0.3, -0.25) is 4.79 Å². The van der Waals surface area contributed by atoms with E-state index in [0.717, 1.165) is 22.4 Å². The number of hydrogen-bond acceptors (Lipinski definition) is 4. The van der Waals surface area contributed by atoms with E-state index in [-0.39, 0.29) is 12.5 Å². The molecular weight excluding hydrogens is 316 g/mol. The summed E-state index contributed by atoms with van der Waals surface area (Å²) in [6, 6.07) is 13.3. The number of hydrogen-bond donors (Lipinski definition) is 1. The van der Waals surface area contributed by atoms with Crippen LogP contribution in [0.1, 0.15) is 27.0 Å². The van der Waals surface area contributed by atoms with Crippen molar-refractivity contribution < 1.29 is 14.3 Å². The predicted octanol–water partition coefficient (Wildman–Crippen LogP) is 3.16. The van der Waals surface area contributed by atoms with E-state index < -0.39 is 5.97 Å². The van der Waals surface area contributed by atoms with Crippen molar-refractivity contribution >= 4 is 17.6 Å². The van der Waals surface area contributed by atoms with Crippen molar-refractivity contribution in [2.24, 2.45) is 0 Å². The smallest absolute Gasteiger partial charge is 0.337 e. The molecule has 2 aromatic rings. The van der Waals surface area contributed by atoms with Crippen LogP contribution < -0.4 is 5.32 Å². The van der Waals surface area contributed by atoms with E-state index in [4.69, 9.17) is 4.74 Å². The third-order valence-electron chi connectivity index (χ3n) is 4.18. The zero-order chi connectivity index (χ0) is 18.4. The van der Waals surface area contributed by atoms with Crippen LogP contribution in [0.2, 0.25) is 0 Å². The highest BCUT2D eigenvalue weighted by Crippen LogP contribution is 2.17. The molecule has 0 aliphatic heterocycles. The maximum atomic E-state index is 12.4. The minimum atomic E-state index is -0.397. The molecule has 0 aliphatic carbocycles. The van der Waals surface area contributed by atoms with Crippen LogP contribution in [0.25, 0.3) is 0 Å². The van der Waals surface area contributed by atoms with Gasteiger partial charge in [-0.05, 0) is 42.7 Å². The largest absolute Gasteiger partial charge is 0.465 e. The molecule has 132 valence electrons. The van der Waals surface area contributed by atoms with Gasteiger partial charge in [0.2, 0.25) is 5.91 Å². The van der Waals surface area contributed by atoms with E-state index >= 15 is 0 Å². The lowest BCUT2D eigenvalue weighted by molar-refractivity contribution is -0.128. The Labute approximate surface area is 148 Å². The summed E-state index contributed by atoms with van der Waals surface area (Å²) < 4.78 is 4.73. The number of nitrogens with zero attached hydrogens (tertiary/aromatic N) is 1. The second-order valence-corrected chi connectivity index (χ2v) is 6.05. The molecule has 0 unspecified atom stereocenters. The average Bonchev–Trinajstić information content (AvgIpc) is 2.61. The third kappa shape index (κ3) is 4.83. The van der Waals surface area contributed by atoms with Crippen molar-refractivity contribution in [3.8, 4) is 0 Å². The fourth-order valence-corrected chi connectivity index (χ4v) is 2.49. The first-order valence-corrected chi connectivity index (χ1v) is 8.13. The summed E-state index contributed by atoms with van der Waals surface area (Å²) >= 11 is 0. The van der Waals surface area contributed by atoms with E-state index in [9.17, 15) is 9.59 Å². The van der Waals surface area contributed by atoms with Crippen molar-refractivity contribution in [1.82, 2.24) is 4.90 Å². The van der Waals surface area contributed by atoms with Crippen LogP contribution in [0.15, 0.2) is 42.5 Å². The lowest BCUT2D eigenvalue weighted by Crippen LogP contribution is -2.32. The summed E-state index contributed by atoms with van der Waals surface area (Å²) in [6.07, 6.45) is 0. The fourth-order valence-electron chi connectivity index (χ4n) is 2.49. The van der Waals surface area contributed by atoms with Gasteiger partial charge in [-0.25, -0.2) is 4.79 Å². The van der Waals surface area contributed by atoms with Gasteiger partial charge in [0.15, 0.2) is 0 Å². The molecule has 0 spiro atoms. The number of amides is 1. The second-order valence-electron chi connectivity index (χ2n) is 6.05. The summed E-state index contributed by atoms with van der Waals surface area (Å²) in [5, 5.41) is 3.11. The van der Waals surface area contributed by atoms with Crippen molar-refractivity contribution in [2.45, 2.75) is 20.4 Å². The molecule has 25 heavy (non-hydrogen) atoms. The molecular formula is C20H24N2O3. The summed E-state index contributed by atoms with van der Waals surface area (Å²) in [6.45, 7) is 4.68. The Hall–Kier alpha value is -2.82. The van der Waals surface area contributed by atoms with E-state index in [1.165, 1.54) is 7.11 Å². The molecule has 2 aromatic carbocycles. The number of nitrogens with one attached hydrogen (secondary N) is 1. The molecule has 1 N–H and O–H groups in total. The van der Waals surface area contributed by atoms with Crippen LogP contribution in [0.3, 0.4) is 0 Å².